The van der Waals surface area contributed by atoms with E-state index in [1.165, 1.54) is 6.42 Å². The van der Waals surface area contributed by atoms with Crippen molar-refractivity contribution in [2.24, 2.45) is 11.3 Å². The van der Waals surface area contributed by atoms with Crippen molar-refractivity contribution in [3.8, 4) is 0 Å². The van der Waals surface area contributed by atoms with Gasteiger partial charge in [0.1, 0.15) is 5.76 Å². The minimum atomic E-state index is -0.877. The molecule has 2 aromatic rings. The standard InChI is InChI=1S/C28H37ClN2O4/c1-16-5-9-22(21(29)11-16)30-23(32)14-19(8-10-24(33)34)26-25(18-6-7-18)27(35-31-26)20-12-17(13-20)15-28(2,3)4/h5,9,11,17-20H,6-8,10,12-15H2,1-4H3,(H,30,32)(H,33,34)/t17-,19?,20+. The lowest BCUT2D eigenvalue weighted by Crippen LogP contribution is -2.26. The molecule has 0 saturated heterocycles. The van der Waals surface area contributed by atoms with Crippen molar-refractivity contribution < 1.29 is 19.2 Å². The zero-order valence-corrected chi connectivity index (χ0v) is 22.0. The normalized spacial score (nSPS) is 20.8. The van der Waals surface area contributed by atoms with Gasteiger partial charge in [0.05, 0.1) is 16.4 Å². The molecule has 2 N–H and O–H groups in total. The first kappa shape index (κ1) is 25.7. The minimum absolute atomic E-state index is 0.0212. The molecule has 1 heterocycles. The van der Waals surface area contributed by atoms with Crippen molar-refractivity contribution in [2.75, 3.05) is 5.32 Å². The molecule has 1 aromatic carbocycles. The van der Waals surface area contributed by atoms with Gasteiger partial charge in [-0.05, 0) is 80.4 Å². The van der Waals surface area contributed by atoms with Crippen LogP contribution in [0, 0.1) is 18.3 Å². The number of halogens is 1. The molecule has 1 unspecified atom stereocenters. The smallest absolute Gasteiger partial charge is 0.303 e. The van der Waals surface area contributed by atoms with Gasteiger partial charge in [-0.1, -0.05) is 43.6 Å². The van der Waals surface area contributed by atoms with Gasteiger partial charge in [0, 0.05) is 30.2 Å². The summed E-state index contributed by atoms with van der Waals surface area (Å²) in [5.41, 5.74) is 3.82. The Hall–Kier alpha value is -2.34. The van der Waals surface area contributed by atoms with Crippen LogP contribution >= 0.6 is 11.6 Å². The summed E-state index contributed by atoms with van der Waals surface area (Å²) in [6, 6.07) is 5.49. The van der Waals surface area contributed by atoms with Crippen molar-refractivity contribution in [2.45, 2.75) is 96.8 Å². The summed E-state index contributed by atoms with van der Waals surface area (Å²) in [5.74, 6) is 1.08. The number of aryl methyl sites for hydroxylation is 1. The zero-order valence-electron chi connectivity index (χ0n) is 21.2. The molecule has 1 aromatic heterocycles. The summed E-state index contributed by atoms with van der Waals surface area (Å²) < 4.78 is 5.95. The molecule has 1 atom stereocenters. The highest BCUT2D eigenvalue weighted by molar-refractivity contribution is 6.33. The number of nitrogens with zero attached hydrogens (tertiary/aromatic N) is 1. The Morgan fingerprint density at radius 1 is 1.23 bits per heavy atom. The number of hydrogen-bond donors (Lipinski definition) is 2. The number of amides is 1. The van der Waals surface area contributed by atoms with Crippen LogP contribution in [0.2, 0.25) is 5.02 Å². The fraction of sp³-hybridized carbons (Fsp3) is 0.607. The number of carboxylic acid groups (broad SMARTS) is 1. The van der Waals surface area contributed by atoms with Crippen molar-refractivity contribution >= 4 is 29.2 Å². The van der Waals surface area contributed by atoms with Crippen LogP contribution in [0.15, 0.2) is 22.7 Å². The van der Waals surface area contributed by atoms with Crippen molar-refractivity contribution in [1.82, 2.24) is 5.16 Å². The van der Waals surface area contributed by atoms with Crippen LogP contribution < -0.4 is 5.32 Å². The van der Waals surface area contributed by atoms with Crippen LogP contribution in [-0.4, -0.2) is 22.1 Å². The fourth-order valence-corrected chi connectivity index (χ4v) is 5.74. The van der Waals surface area contributed by atoms with E-state index in [2.05, 4.69) is 31.2 Å². The van der Waals surface area contributed by atoms with E-state index in [-0.39, 0.29) is 24.7 Å². The van der Waals surface area contributed by atoms with E-state index in [1.807, 2.05) is 13.0 Å². The Bertz CT molecular complexity index is 1080. The van der Waals surface area contributed by atoms with Crippen molar-refractivity contribution in [3.63, 3.8) is 0 Å². The second-order valence-electron chi connectivity index (χ2n) is 11.8. The lowest BCUT2D eigenvalue weighted by molar-refractivity contribution is -0.137. The van der Waals surface area contributed by atoms with E-state index in [0.717, 1.165) is 48.3 Å². The summed E-state index contributed by atoms with van der Waals surface area (Å²) in [7, 11) is 0. The number of carboxylic acids is 1. The van der Waals surface area contributed by atoms with Crippen LogP contribution in [0.1, 0.15) is 112 Å². The third kappa shape index (κ3) is 6.66. The van der Waals surface area contributed by atoms with Gasteiger partial charge in [0.2, 0.25) is 5.91 Å². The molecule has 0 spiro atoms. The first-order valence-corrected chi connectivity index (χ1v) is 13.1. The van der Waals surface area contributed by atoms with Gasteiger partial charge in [-0.25, -0.2) is 0 Å². The summed E-state index contributed by atoms with van der Waals surface area (Å²) in [6.07, 6.45) is 6.06. The monoisotopic (exact) mass is 500 g/mol. The lowest BCUT2D eigenvalue weighted by atomic mass is 9.66. The number of aliphatic carboxylic acids is 1. The van der Waals surface area contributed by atoms with E-state index >= 15 is 0 Å². The Kier molecular flexibility index (Phi) is 7.60. The van der Waals surface area contributed by atoms with E-state index in [1.54, 1.807) is 12.1 Å². The number of nitrogens with one attached hydrogen (secondary N) is 1. The molecule has 2 aliphatic carbocycles. The van der Waals surface area contributed by atoms with Crippen LogP contribution in [0.5, 0.6) is 0 Å². The van der Waals surface area contributed by atoms with Gasteiger partial charge in [-0.2, -0.15) is 0 Å². The molecule has 0 aliphatic heterocycles. The van der Waals surface area contributed by atoms with Gasteiger partial charge < -0.3 is 14.9 Å². The highest BCUT2D eigenvalue weighted by Gasteiger charge is 2.42. The van der Waals surface area contributed by atoms with Crippen LogP contribution in [0.3, 0.4) is 0 Å². The van der Waals surface area contributed by atoms with E-state index < -0.39 is 5.97 Å². The molecule has 6 nitrogen and oxygen atoms in total. The number of aromatic nitrogens is 1. The maximum absolute atomic E-state index is 13.0. The molecule has 2 saturated carbocycles. The molecule has 0 radical (unpaired) electrons. The quantitative estimate of drug-likeness (QED) is 0.354. The van der Waals surface area contributed by atoms with Gasteiger partial charge >= 0.3 is 5.97 Å². The molecular weight excluding hydrogens is 464 g/mol. The Balaban J connectivity index is 1.51. The van der Waals surface area contributed by atoms with E-state index in [0.29, 0.717) is 40.3 Å². The minimum Gasteiger partial charge on any atom is -0.481 e. The van der Waals surface area contributed by atoms with Crippen LogP contribution in [-0.2, 0) is 9.59 Å². The third-order valence-corrected chi connectivity index (χ3v) is 7.51. The average Bonchev–Trinajstić information content (AvgIpc) is 3.47. The average molecular weight is 501 g/mol. The summed E-state index contributed by atoms with van der Waals surface area (Å²) in [5, 5.41) is 17.2. The molecule has 2 aliphatic rings. The summed E-state index contributed by atoms with van der Waals surface area (Å²) in [6.45, 7) is 8.79. The molecule has 1 amide bonds. The fourth-order valence-electron chi connectivity index (χ4n) is 5.46. The second kappa shape index (κ2) is 10.3. The molecule has 4 rings (SSSR count). The Morgan fingerprint density at radius 3 is 2.54 bits per heavy atom. The first-order chi connectivity index (χ1) is 16.5. The van der Waals surface area contributed by atoms with Gasteiger partial charge in [0.15, 0.2) is 0 Å². The number of hydrogen-bond acceptors (Lipinski definition) is 4. The predicted molar refractivity (Wildman–Crippen MR) is 137 cm³/mol. The van der Waals surface area contributed by atoms with Crippen LogP contribution in [0.4, 0.5) is 5.69 Å². The summed E-state index contributed by atoms with van der Waals surface area (Å²) >= 11 is 6.30. The number of rotatable bonds is 10. The highest BCUT2D eigenvalue weighted by Crippen LogP contribution is 2.53. The molecular formula is C28H37ClN2O4. The van der Waals surface area contributed by atoms with Gasteiger partial charge in [-0.3, -0.25) is 9.59 Å². The number of carbonyl (C=O) groups excluding carboxylic acids is 1. The number of carbonyl (C=O) groups is 2. The SMILES string of the molecule is Cc1ccc(NC(=O)CC(CCC(=O)O)c2noc([C@H]3C[C@@H](CC(C)(C)C)C3)c2C2CC2)c(Cl)c1. The largest absolute Gasteiger partial charge is 0.481 e. The molecule has 190 valence electrons. The van der Waals surface area contributed by atoms with Gasteiger partial charge in [-0.15, -0.1) is 0 Å². The molecule has 0 bridgehead atoms. The maximum atomic E-state index is 13.0. The van der Waals surface area contributed by atoms with Crippen molar-refractivity contribution in [3.05, 3.63) is 45.8 Å². The van der Waals surface area contributed by atoms with Crippen LogP contribution in [0.25, 0.3) is 0 Å². The first-order valence-electron chi connectivity index (χ1n) is 12.8. The molecule has 35 heavy (non-hydrogen) atoms. The third-order valence-electron chi connectivity index (χ3n) is 7.20. The number of anilines is 1. The van der Waals surface area contributed by atoms with Crippen molar-refractivity contribution in [1.29, 1.82) is 0 Å². The molecule has 2 fully saturated rings. The van der Waals surface area contributed by atoms with Gasteiger partial charge in [0.25, 0.3) is 0 Å². The second-order valence-corrected chi connectivity index (χ2v) is 12.2. The zero-order chi connectivity index (χ0) is 25.3. The van der Waals surface area contributed by atoms with E-state index in [9.17, 15) is 14.7 Å². The Morgan fingerprint density at radius 2 is 1.94 bits per heavy atom. The topological polar surface area (TPSA) is 92.4 Å². The lowest BCUT2D eigenvalue weighted by Gasteiger charge is -2.38. The predicted octanol–water partition coefficient (Wildman–Crippen LogP) is 7.42. The summed E-state index contributed by atoms with van der Waals surface area (Å²) in [4.78, 5) is 24.4. The maximum Gasteiger partial charge on any atom is 0.303 e. The molecule has 7 heteroatoms. The van der Waals surface area contributed by atoms with E-state index in [4.69, 9.17) is 16.1 Å². The Labute approximate surface area is 212 Å². The highest BCUT2D eigenvalue weighted by atomic mass is 35.5. The number of benzene rings is 1.